The molecule has 0 heterocycles. The van der Waals surface area contributed by atoms with Gasteiger partial charge in [0.25, 0.3) is 0 Å². The van der Waals surface area contributed by atoms with Crippen LogP contribution in [0.1, 0.15) is 34.1 Å². The molecule has 2 amide bonds. The van der Waals surface area contributed by atoms with Gasteiger partial charge in [-0.3, -0.25) is 14.4 Å². The van der Waals surface area contributed by atoms with Crippen LogP contribution in [0.25, 0.3) is 0 Å². The average Bonchev–Trinajstić information content (AvgIpc) is 2.24. The highest BCUT2D eigenvalue weighted by Gasteiger charge is 2.27. The van der Waals surface area contributed by atoms with Gasteiger partial charge in [0.2, 0.25) is 11.8 Å². The molecule has 0 saturated carbocycles. The summed E-state index contributed by atoms with van der Waals surface area (Å²) in [5.41, 5.74) is 5.23. The third kappa shape index (κ3) is 5.65. The van der Waals surface area contributed by atoms with Crippen LogP contribution in [-0.4, -0.2) is 30.4 Å². The predicted molar refractivity (Wildman–Crippen MR) is 66.4 cm³/mol. The lowest BCUT2D eigenvalue weighted by molar-refractivity contribution is -0.145. The maximum atomic E-state index is 11.5. The average molecular weight is 258 g/mol. The fourth-order valence-corrected chi connectivity index (χ4v) is 1.41. The molecule has 3 N–H and O–H groups in total. The minimum Gasteiger partial charge on any atom is -0.466 e. The van der Waals surface area contributed by atoms with Crippen LogP contribution in [0.5, 0.6) is 0 Å². The molecule has 0 spiro atoms. The standard InChI is InChI=1S/C12H22N2O4/c1-5-18-9(15)6-8(4)10(11(13)16)14-12(17)7(2)3/h7-8,10H,5-6H2,1-4H3,(H2,13,16)(H,14,17)/t8-,10+/m1/s1. The van der Waals surface area contributed by atoms with Crippen LogP contribution in [0, 0.1) is 11.8 Å². The predicted octanol–water partition coefficient (Wildman–Crippen LogP) is 0.202. The highest BCUT2D eigenvalue weighted by Crippen LogP contribution is 2.10. The summed E-state index contributed by atoms with van der Waals surface area (Å²) in [5, 5.41) is 2.54. The van der Waals surface area contributed by atoms with E-state index in [1.54, 1.807) is 27.7 Å². The fraction of sp³-hybridized carbons (Fsp3) is 0.750. The normalized spacial score (nSPS) is 13.8. The van der Waals surface area contributed by atoms with Crippen molar-refractivity contribution in [2.24, 2.45) is 17.6 Å². The van der Waals surface area contributed by atoms with Gasteiger partial charge in [-0.1, -0.05) is 20.8 Å². The minimum atomic E-state index is -0.857. The van der Waals surface area contributed by atoms with Gasteiger partial charge in [0.15, 0.2) is 0 Å². The Morgan fingerprint density at radius 1 is 1.22 bits per heavy atom. The summed E-state index contributed by atoms with van der Waals surface area (Å²) >= 11 is 0. The number of amides is 2. The van der Waals surface area contributed by atoms with E-state index in [1.165, 1.54) is 0 Å². The Hall–Kier alpha value is -1.59. The first kappa shape index (κ1) is 16.4. The van der Waals surface area contributed by atoms with Crippen LogP contribution in [-0.2, 0) is 19.1 Å². The van der Waals surface area contributed by atoms with Crippen LogP contribution in [0.15, 0.2) is 0 Å². The van der Waals surface area contributed by atoms with E-state index in [-0.39, 0.29) is 24.9 Å². The first-order chi connectivity index (χ1) is 8.29. The lowest BCUT2D eigenvalue weighted by atomic mass is 9.97. The molecule has 0 aliphatic carbocycles. The number of carbonyl (C=O) groups excluding carboxylic acids is 3. The highest BCUT2D eigenvalue weighted by atomic mass is 16.5. The van der Waals surface area contributed by atoms with E-state index in [0.29, 0.717) is 0 Å². The number of carbonyl (C=O) groups is 3. The summed E-state index contributed by atoms with van der Waals surface area (Å²) in [4.78, 5) is 34.1. The molecule has 2 atom stereocenters. The third-order valence-electron chi connectivity index (χ3n) is 2.49. The summed E-state index contributed by atoms with van der Waals surface area (Å²) in [7, 11) is 0. The van der Waals surface area contributed by atoms with Crippen molar-refractivity contribution in [1.82, 2.24) is 5.32 Å². The van der Waals surface area contributed by atoms with Crippen LogP contribution >= 0.6 is 0 Å². The number of nitrogens with one attached hydrogen (secondary N) is 1. The SMILES string of the molecule is CCOC(=O)C[C@@H](C)[C@H](NC(=O)C(C)C)C(N)=O. The number of ether oxygens (including phenoxy) is 1. The first-order valence-corrected chi connectivity index (χ1v) is 6.04. The zero-order valence-corrected chi connectivity index (χ0v) is 11.4. The summed E-state index contributed by atoms with van der Waals surface area (Å²) < 4.78 is 4.79. The molecule has 18 heavy (non-hydrogen) atoms. The van der Waals surface area contributed by atoms with Gasteiger partial charge in [-0.15, -0.1) is 0 Å². The van der Waals surface area contributed by atoms with Crippen molar-refractivity contribution in [3.8, 4) is 0 Å². The van der Waals surface area contributed by atoms with Gasteiger partial charge in [0, 0.05) is 5.92 Å². The Kier molecular flexibility index (Phi) is 7.00. The van der Waals surface area contributed by atoms with E-state index in [4.69, 9.17) is 10.5 Å². The van der Waals surface area contributed by atoms with Gasteiger partial charge in [0.05, 0.1) is 13.0 Å². The second-order valence-corrected chi connectivity index (χ2v) is 4.53. The van der Waals surface area contributed by atoms with E-state index in [2.05, 4.69) is 5.32 Å². The Morgan fingerprint density at radius 2 is 1.78 bits per heavy atom. The highest BCUT2D eigenvalue weighted by molar-refractivity contribution is 5.88. The van der Waals surface area contributed by atoms with Crippen molar-refractivity contribution in [1.29, 1.82) is 0 Å². The Labute approximate surface area is 107 Å². The molecule has 0 radical (unpaired) electrons. The molecule has 0 rings (SSSR count). The van der Waals surface area contributed by atoms with Gasteiger partial charge < -0.3 is 15.8 Å². The monoisotopic (exact) mass is 258 g/mol. The Balaban J connectivity index is 4.55. The first-order valence-electron chi connectivity index (χ1n) is 6.04. The fourth-order valence-electron chi connectivity index (χ4n) is 1.41. The molecule has 0 aliphatic heterocycles. The van der Waals surface area contributed by atoms with Crippen molar-refractivity contribution in [2.45, 2.75) is 40.2 Å². The van der Waals surface area contributed by atoms with E-state index in [9.17, 15) is 14.4 Å². The number of nitrogens with two attached hydrogens (primary N) is 1. The lowest BCUT2D eigenvalue weighted by Gasteiger charge is -2.22. The number of hydrogen-bond donors (Lipinski definition) is 2. The Morgan fingerprint density at radius 3 is 2.17 bits per heavy atom. The summed E-state index contributed by atoms with van der Waals surface area (Å²) in [6.07, 6.45) is 0.0415. The second-order valence-electron chi connectivity index (χ2n) is 4.53. The van der Waals surface area contributed by atoms with Crippen LogP contribution < -0.4 is 11.1 Å². The van der Waals surface area contributed by atoms with Crippen molar-refractivity contribution >= 4 is 17.8 Å². The zero-order chi connectivity index (χ0) is 14.3. The van der Waals surface area contributed by atoms with Gasteiger partial charge >= 0.3 is 5.97 Å². The number of esters is 1. The van der Waals surface area contributed by atoms with Gasteiger partial charge in [-0.25, -0.2) is 0 Å². The molecule has 0 aromatic carbocycles. The third-order valence-corrected chi connectivity index (χ3v) is 2.49. The molecule has 0 unspecified atom stereocenters. The van der Waals surface area contributed by atoms with Gasteiger partial charge in [0.1, 0.15) is 6.04 Å². The molecule has 0 aliphatic rings. The van der Waals surface area contributed by atoms with Crippen molar-refractivity contribution < 1.29 is 19.1 Å². The van der Waals surface area contributed by atoms with Crippen LogP contribution in [0.3, 0.4) is 0 Å². The molecular formula is C12H22N2O4. The van der Waals surface area contributed by atoms with E-state index >= 15 is 0 Å². The molecule has 0 aromatic heterocycles. The molecule has 0 saturated heterocycles. The molecule has 0 fully saturated rings. The molecule has 104 valence electrons. The zero-order valence-electron chi connectivity index (χ0n) is 11.4. The molecule has 0 aromatic rings. The minimum absolute atomic E-state index is 0.0415. The quantitative estimate of drug-likeness (QED) is 0.637. The molecular weight excluding hydrogens is 236 g/mol. The maximum absolute atomic E-state index is 11.5. The summed E-state index contributed by atoms with van der Waals surface area (Å²) in [6, 6.07) is -0.857. The van der Waals surface area contributed by atoms with Gasteiger partial charge in [-0.05, 0) is 12.8 Å². The van der Waals surface area contributed by atoms with Crippen LogP contribution in [0.2, 0.25) is 0 Å². The molecule has 6 nitrogen and oxygen atoms in total. The molecule has 6 heteroatoms. The summed E-state index contributed by atoms with van der Waals surface area (Å²) in [6.45, 7) is 7.08. The Bertz CT molecular complexity index is 315. The number of hydrogen-bond acceptors (Lipinski definition) is 4. The van der Waals surface area contributed by atoms with Crippen LogP contribution in [0.4, 0.5) is 0 Å². The second kappa shape index (κ2) is 7.68. The topological polar surface area (TPSA) is 98.5 Å². The number of rotatable bonds is 7. The number of primary amides is 1. The van der Waals surface area contributed by atoms with Crippen molar-refractivity contribution in [3.63, 3.8) is 0 Å². The summed E-state index contributed by atoms with van der Waals surface area (Å²) in [5.74, 6) is -1.98. The molecule has 0 bridgehead atoms. The largest absolute Gasteiger partial charge is 0.466 e. The maximum Gasteiger partial charge on any atom is 0.306 e. The lowest BCUT2D eigenvalue weighted by Crippen LogP contribution is -2.50. The van der Waals surface area contributed by atoms with E-state index in [0.717, 1.165) is 0 Å². The smallest absolute Gasteiger partial charge is 0.306 e. The van der Waals surface area contributed by atoms with Crippen molar-refractivity contribution in [3.05, 3.63) is 0 Å². The van der Waals surface area contributed by atoms with Crippen molar-refractivity contribution in [2.75, 3.05) is 6.61 Å². The van der Waals surface area contributed by atoms with E-state index < -0.39 is 23.8 Å². The van der Waals surface area contributed by atoms with Gasteiger partial charge in [-0.2, -0.15) is 0 Å². The van der Waals surface area contributed by atoms with E-state index in [1.807, 2.05) is 0 Å².